The fraction of sp³-hybridized carbons (Fsp3) is 0.913. The number of nitrogens with zero attached hydrogens (tertiary/aromatic N) is 4. The van der Waals surface area contributed by atoms with E-state index in [1.807, 2.05) is 7.05 Å². The maximum Gasteiger partial charge on any atom is 0.225 e. The third-order valence-electron chi connectivity index (χ3n) is 6.54. The van der Waals surface area contributed by atoms with Gasteiger partial charge in [-0.15, -0.1) is 0 Å². The number of guanidine groups is 1. The molecule has 1 heterocycles. The Bertz CT molecular complexity index is 514. The van der Waals surface area contributed by atoms with Gasteiger partial charge in [-0.2, -0.15) is 0 Å². The van der Waals surface area contributed by atoms with Crippen molar-refractivity contribution < 1.29 is 4.79 Å². The van der Waals surface area contributed by atoms with Gasteiger partial charge in [-0.3, -0.25) is 19.6 Å². The molecule has 2 rings (SSSR count). The van der Waals surface area contributed by atoms with Gasteiger partial charge in [0, 0.05) is 77.4 Å². The van der Waals surface area contributed by atoms with Gasteiger partial charge in [0.05, 0.1) is 0 Å². The maximum atomic E-state index is 12.6. The standard InChI is InChI=1S/C23H46N6O/c1-19(2)29(20(3)4)13-8-11-25-23(24-5)26-12-14-27-15-17-28(18-16-27)22(30)21-9-6-7-10-21/h19-21H,6-18H2,1-5H3,(H2,24,25,26). The smallest absolute Gasteiger partial charge is 0.225 e. The van der Waals surface area contributed by atoms with Crippen LogP contribution in [0.5, 0.6) is 0 Å². The molecule has 7 nitrogen and oxygen atoms in total. The lowest BCUT2D eigenvalue weighted by Crippen LogP contribution is -2.52. The zero-order chi connectivity index (χ0) is 21.9. The van der Waals surface area contributed by atoms with Crippen LogP contribution in [-0.4, -0.2) is 98.1 Å². The van der Waals surface area contributed by atoms with Gasteiger partial charge in [0.2, 0.25) is 5.91 Å². The molecule has 1 aliphatic heterocycles. The summed E-state index contributed by atoms with van der Waals surface area (Å²) in [7, 11) is 1.83. The van der Waals surface area contributed by atoms with E-state index in [0.717, 1.165) is 77.6 Å². The highest BCUT2D eigenvalue weighted by Crippen LogP contribution is 2.26. The molecule has 1 saturated heterocycles. The summed E-state index contributed by atoms with van der Waals surface area (Å²) in [6.07, 6.45) is 5.76. The minimum Gasteiger partial charge on any atom is -0.356 e. The molecule has 2 fully saturated rings. The highest BCUT2D eigenvalue weighted by atomic mass is 16.2. The summed E-state index contributed by atoms with van der Waals surface area (Å²) in [4.78, 5) is 24.0. The Balaban J connectivity index is 1.57. The van der Waals surface area contributed by atoms with Crippen molar-refractivity contribution in [1.29, 1.82) is 0 Å². The summed E-state index contributed by atoms with van der Waals surface area (Å²) < 4.78 is 0. The van der Waals surface area contributed by atoms with Crippen LogP contribution in [0.1, 0.15) is 59.8 Å². The second-order valence-electron chi connectivity index (χ2n) is 9.35. The second kappa shape index (κ2) is 13.2. The molecule has 0 atom stereocenters. The number of rotatable bonds is 10. The molecule has 0 unspecified atom stereocenters. The number of hydrogen-bond donors (Lipinski definition) is 2. The Morgan fingerprint density at radius 3 is 2.17 bits per heavy atom. The van der Waals surface area contributed by atoms with E-state index in [1.54, 1.807) is 0 Å². The molecule has 2 N–H and O–H groups in total. The van der Waals surface area contributed by atoms with Crippen LogP contribution in [0.3, 0.4) is 0 Å². The molecule has 7 heteroatoms. The molecular weight excluding hydrogens is 376 g/mol. The van der Waals surface area contributed by atoms with Crippen LogP contribution in [0.15, 0.2) is 4.99 Å². The van der Waals surface area contributed by atoms with Crippen LogP contribution in [0.2, 0.25) is 0 Å². The lowest BCUT2D eigenvalue weighted by atomic mass is 10.1. The normalized spacial score (nSPS) is 19.3. The topological polar surface area (TPSA) is 63.2 Å². The number of hydrogen-bond acceptors (Lipinski definition) is 4. The lowest BCUT2D eigenvalue weighted by Gasteiger charge is -2.36. The van der Waals surface area contributed by atoms with Crippen molar-refractivity contribution in [2.24, 2.45) is 10.9 Å². The third kappa shape index (κ3) is 8.06. The van der Waals surface area contributed by atoms with Crippen molar-refractivity contribution in [2.45, 2.75) is 71.9 Å². The van der Waals surface area contributed by atoms with Crippen LogP contribution in [-0.2, 0) is 4.79 Å². The molecule has 0 aromatic rings. The fourth-order valence-electron chi connectivity index (χ4n) is 4.76. The SMILES string of the molecule is CN=C(NCCCN(C(C)C)C(C)C)NCCN1CCN(C(=O)C2CCCC2)CC1. The molecule has 1 amide bonds. The average molecular weight is 423 g/mol. The Kier molecular flexibility index (Phi) is 10.9. The van der Waals surface area contributed by atoms with Gasteiger partial charge in [-0.1, -0.05) is 12.8 Å². The van der Waals surface area contributed by atoms with Crippen molar-refractivity contribution in [3.8, 4) is 0 Å². The van der Waals surface area contributed by atoms with Crippen LogP contribution < -0.4 is 10.6 Å². The summed E-state index contributed by atoms with van der Waals surface area (Å²) in [5.74, 6) is 1.59. The monoisotopic (exact) mass is 422 g/mol. The van der Waals surface area contributed by atoms with Crippen LogP contribution in [0, 0.1) is 5.92 Å². The molecule has 1 saturated carbocycles. The van der Waals surface area contributed by atoms with E-state index in [0.29, 0.717) is 23.9 Å². The maximum absolute atomic E-state index is 12.6. The number of carbonyl (C=O) groups is 1. The first-order valence-corrected chi connectivity index (χ1v) is 12.1. The Hall–Kier alpha value is -1.34. The number of amides is 1. The summed E-state index contributed by atoms with van der Waals surface area (Å²) >= 11 is 0. The Morgan fingerprint density at radius 1 is 1.00 bits per heavy atom. The Labute approximate surface area is 184 Å². The minimum atomic E-state index is 0.306. The lowest BCUT2D eigenvalue weighted by molar-refractivity contribution is -0.137. The van der Waals surface area contributed by atoms with Crippen molar-refractivity contribution in [3.63, 3.8) is 0 Å². The van der Waals surface area contributed by atoms with E-state index in [4.69, 9.17) is 0 Å². The molecule has 0 aromatic heterocycles. The van der Waals surface area contributed by atoms with E-state index in [-0.39, 0.29) is 0 Å². The molecule has 2 aliphatic rings. The van der Waals surface area contributed by atoms with Gasteiger partial charge >= 0.3 is 0 Å². The molecule has 0 bridgehead atoms. The van der Waals surface area contributed by atoms with Gasteiger partial charge < -0.3 is 15.5 Å². The second-order valence-corrected chi connectivity index (χ2v) is 9.35. The summed E-state index contributed by atoms with van der Waals surface area (Å²) in [5, 5.41) is 6.87. The molecule has 0 radical (unpaired) electrons. The first-order valence-electron chi connectivity index (χ1n) is 12.1. The fourth-order valence-corrected chi connectivity index (χ4v) is 4.76. The molecule has 0 aromatic carbocycles. The largest absolute Gasteiger partial charge is 0.356 e. The van der Waals surface area contributed by atoms with E-state index in [1.165, 1.54) is 12.8 Å². The van der Waals surface area contributed by atoms with Crippen molar-refractivity contribution in [1.82, 2.24) is 25.3 Å². The minimum absolute atomic E-state index is 0.306. The summed E-state index contributed by atoms with van der Waals surface area (Å²) in [6, 6.07) is 1.16. The first-order chi connectivity index (χ1) is 14.4. The van der Waals surface area contributed by atoms with Gasteiger partial charge in [0.15, 0.2) is 5.96 Å². The van der Waals surface area contributed by atoms with Gasteiger partial charge in [0.1, 0.15) is 0 Å². The van der Waals surface area contributed by atoms with E-state index < -0.39 is 0 Å². The van der Waals surface area contributed by atoms with Gasteiger partial charge in [-0.05, 0) is 47.0 Å². The highest BCUT2D eigenvalue weighted by molar-refractivity contribution is 5.79. The molecule has 0 spiro atoms. The number of carbonyl (C=O) groups excluding carboxylic acids is 1. The average Bonchev–Trinajstić information content (AvgIpc) is 3.26. The zero-order valence-corrected chi connectivity index (χ0v) is 20.1. The number of nitrogens with one attached hydrogen (secondary N) is 2. The van der Waals surface area contributed by atoms with Crippen LogP contribution in [0.4, 0.5) is 0 Å². The van der Waals surface area contributed by atoms with E-state index >= 15 is 0 Å². The molecule has 174 valence electrons. The predicted octanol–water partition coefficient (Wildman–Crippen LogP) is 1.99. The molecular formula is C23H46N6O. The predicted molar refractivity (Wildman–Crippen MR) is 126 cm³/mol. The summed E-state index contributed by atoms with van der Waals surface area (Å²) in [6.45, 7) is 16.7. The van der Waals surface area contributed by atoms with E-state index in [2.05, 4.69) is 58.0 Å². The summed E-state index contributed by atoms with van der Waals surface area (Å²) in [5.41, 5.74) is 0. The van der Waals surface area contributed by atoms with Crippen LogP contribution >= 0.6 is 0 Å². The van der Waals surface area contributed by atoms with Crippen molar-refractivity contribution >= 4 is 11.9 Å². The number of piperazine rings is 1. The quantitative estimate of drug-likeness (QED) is 0.320. The highest BCUT2D eigenvalue weighted by Gasteiger charge is 2.29. The van der Waals surface area contributed by atoms with Crippen molar-refractivity contribution in [2.75, 3.05) is 59.4 Å². The van der Waals surface area contributed by atoms with Crippen molar-refractivity contribution in [3.05, 3.63) is 0 Å². The van der Waals surface area contributed by atoms with Crippen LogP contribution in [0.25, 0.3) is 0 Å². The molecule has 1 aliphatic carbocycles. The molecule has 30 heavy (non-hydrogen) atoms. The van der Waals surface area contributed by atoms with E-state index in [9.17, 15) is 4.79 Å². The number of aliphatic imine (C=N–C) groups is 1. The Morgan fingerprint density at radius 2 is 1.60 bits per heavy atom. The van der Waals surface area contributed by atoms with Gasteiger partial charge in [0.25, 0.3) is 0 Å². The first kappa shape index (κ1) is 24.9. The zero-order valence-electron chi connectivity index (χ0n) is 20.1. The third-order valence-corrected chi connectivity index (χ3v) is 6.54. The van der Waals surface area contributed by atoms with Gasteiger partial charge in [-0.25, -0.2) is 0 Å².